The molecule has 94 valence electrons. The van der Waals surface area contributed by atoms with Crippen molar-refractivity contribution in [2.45, 2.75) is 6.04 Å². The Hall–Kier alpha value is -0.540. The summed E-state index contributed by atoms with van der Waals surface area (Å²) in [6, 6.07) is 13.6. The average Bonchev–Trinajstić information content (AvgIpc) is 2.34. The van der Waals surface area contributed by atoms with Gasteiger partial charge in [0.25, 0.3) is 0 Å². The molecule has 2 aromatic rings. The third-order valence-corrected chi connectivity index (χ3v) is 4.04. The molecule has 0 aliphatic heterocycles. The van der Waals surface area contributed by atoms with Crippen molar-refractivity contribution < 1.29 is 0 Å². The summed E-state index contributed by atoms with van der Waals surface area (Å²) in [4.78, 5) is 0. The molecule has 0 saturated heterocycles. The Morgan fingerprint density at radius 3 is 2.39 bits per heavy atom. The second-order valence-corrected chi connectivity index (χ2v) is 5.61. The van der Waals surface area contributed by atoms with E-state index in [-0.39, 0.29) is 6.04 Å². The predicted octanol–water partition coefficient (Wildman–Crippen LogP) is 5.06. The van der Waals surface area contributed by atoms with Gasteiger partial charge < -0.3 is 5.32 Å². The van der Waals surface area contributed by atoms with Gasteiger partial charge in [0.1, 0.15) is 0 Å². The van der Waals surface area contributed by atoms with Crippen molar-refractivity contribution in [1.29, 1.82) is 0 Å². The SMILES string of the molecule is CNC(c1ccccc1Cl)c1ccc(Cl)cc1Br. The molecule has 1 unspecified atom stereocenters. The topological polar surface area (TPSA) is 12.0 Å². The Labute approximate surface area is 125 Å². The van der Waals surface area contributed by atoms with E-state index in [1.165, 1.54) is 0 Å². The predicted molar refractivity (Wildman–Crippen MR) is 81.5 cm³/mol. The van der Waals surface area contributed by atoms with E-state index in [0.29, 0.717) is 5.02 Å². The molecule has 2 aromatic carbocycles. The standard InChI is InChI=1S/C14H12BrCl2N/c1-18-14(11-4-2-3-5-13(11)17)10-7-6-9(16)8-12(10)15/h2-8,14,18H,1H3. The molecule has 0 saturated carbocycles. The lowest BCUT2D eigenvalue weighted by Crippen LogP contribution is -2.18. The monoisotopic (exact) mass is 343 g/mol. The summed E-state index contributed by atoms with van der Waals surface area (Å²) in [6.07, 6.45) is 0. The normalized spacial score (nSPS) is 12.4. The molecule has 4 heteroatoms. The maximum atomic E-state index is 6.25. The first-order chi connectivity index (χ1) is 8.63. The van der Waals surface area contributed by atoms with E-state index in [9.17, 15) is 0 Å². The van der Waals surface area contributed by atoms with Crippen LogP contribution in [0.3, 0.4) is 0 Å². The van der Waals surface area contributed by atoms with Crippen LogP contribution in [-0.4, -0.2) is 7.05 Å². The minimum absolute atomic E-state index is 0.0327. The van der Waals surface area contributed by atoms with Gasteiger partial charge in [-0.3, -0.25) is 0 Å². The van der Waals surface area contributed by atoms with E-state index in [4.69, 9.17) is 23.2 Å². The Balaban J connectivity index is 2.49. The molecule has 18 heavy (non-hydrogen) atoms. The molecule has 0 aliphatic rings. The van der Waals surface area contributed by atoms with E-state index >= 15 is 0 Å². The Morgan fingerprint density at radius 1 is 1.06 bits per heavy atom. The quantitative estimate of drug-likeness (QED) is 0.820. The third kappa shape index (κ3) is 2.89. The van der Waals surface area contributed by atoms with Crippen molar-refractivity contribution in [3.8, 4) is 0 Å². The first kappa shape index (κ1) is 13.9. The van der Waals surface area contributed by atoms with Gasteiger partial charge in [0.05, 0.1) is 6.04 Å². The fourth-order valence-electron chi connectivity index (χ4n) is 1.92. The maximum Gasteiger partial charge on any atom is 0.0600 e. The number of halogens is 3. The van der Waals surface area contributed by atoms with E-state index in [2.05, 4.69) is 21.2 Å². The summed E-state index contributed by atoms with van der Waals surface area (Å²) in [5.41, 5.74) is 2.15. The van der Waals surface area contributed by atoms with Crippen molar-refractivity contribution in [2.75, 3.05) is 7.05 Å². The van der Waals surface area contributed by atoms with Crippen LogP contribution < -0.4 is 5.32 Å². The van der Waals surface area contributed by atoms with Crippen LogP contribution in [0, 0.1) is 0 Å². The van der Waals surface area contributed by atoms with E-state index in [1.807, 2.05) is 49.5 Å². The van der Waals surface area contributed by atoms with Crippen molar-refractivity contribution in [1.82, 2.24) is 5.32 Å². The Bertz CT molecular complexity index is 557. The van der Waals surface area contributed by atoms with E-state index in [1.54, 1.807) is 0 Å². The van der Waals surface area contributed by atoms with Crippen molar-refractivity contribution in [2.24, 2.45) is 0 Å². The summed E-state index contributed by atoms with van der Waals surface area (Å²) in [6.45, 7) is 0. The molecule has 1 N–H and O–H groups in total. The fourth-order valence-corrected chi connectivity index (χ4v) is 3.08. The third-order valence-electron chi connectivity index (χ3n) is 2.78. The maximum absolute atomic E-state index is 6.25. The molecule has 1 atom stereocenters. The molecule has 0 heterocycles. The fraction of sp³-hybridized carbons (Fsp3) is 0.143. The van der Waals surface area contributed by atoms with Crippen LogP contribution in [0.5, 0.6) is 0 Å². The van der Waals surface area contributed by atoms with Gasteiger partial charge in [-0.15, -0.1) is 0 Å². The lowest BCUT2D eigenvalue weighted by Gasteiger charge is -2.20. The highest BCUT2D eigenvalue weighted by Gasteiger charge is 2.17. The molecule has 0 bridgehead atoms. The van der Waals surface area contributed by atoms with E-state index in [0.717, 1.165) is 20.6 Å². The molecule has 1 nitrogen and oxygen atoms in total. The molecule has 0 radical (unpaired) electrons. The van der Waals surface area contributed by atoms with Gasteiger partial charge >= 0.3 is 0 Å². The minimum atomic E-state index is 0.0327. The zero-order chi connectivity index (χ0) is 13.1. The summed E-state index contributed by atoms with van der Waals surface area (Å²) < 4.78 is 0.967. The number of benzene rings is 2. The van der Waals surface area contributed by atoms with E-state index < -0.39 is 0 Å². The van der Waals surface area contributed by atoms with Gasteiger partial charge in [0.15, 0.2) is 0 Å². The van der Waals surface area contributed by atoms with Crippen LogP contribution in [0.15, 0.2) is 46.9 Å². The summed E-state index contributed by atoms with van der Waals surface area (Å²) in [7, 11) is 1.91. The lowest BCUT2D eigenvalue weighted by atomic mass is 9.99. The van der Waals surface area contributed by atoms with Crippen molar-refractivity contribution in [3.63, 3.8) is 0 Å². The van der Waals surface area contributed by atoms with Crippen LogP contribution in [0.1, 0.15) is 17.2 Å². The zero-order valence-electron chi connectivity index (χ0n) is 9.75. The van der Waals surface area contributed by atoms with Crippen LogP contribution in [-0.2, 0) is 0 Å². The molecule has 0 amide bonds. The largest absolute Gasteiger partial charge is 0.309 e. The number of nitrogens with one attached hydrogen (secondary N) is 1. The van der Waals surface area contributed by atoms with Gasteiger partial charge in [0, 0.05) is 14.5 Å². The molecule has 0 aliphatic carbocycles. The van der Waals surface area contributed by atoms with Gasteiger partial charge in [0.2, 0.25) is 0 Å². The van der Waals surface area contributed by atoms with Gasteiger partial charge in [-0.2, -0.15) is 0 Å². The highest BCUT2D eigenvalue weighted by atomic mass is 79.9. The van der Waals surface area contributed by atoms with Crippen LogP contribution in [0.2, 0.25) is 10.0 Å². The highest BCUT2D eigenvalue weighted by molar-refractivity contribution is 9.10. The molecular weight excluding hydrogens is 333 g/mol. The number of rotatable bonds is 3. The number of hydrogen-bond acceptors (Lipinski definition) is 1. The van der Waals surface area contributed by atoms with Crippen LogP contribution in [0.4, 0.5) is 0 Å². The molecule has 0 aromatic heterocycles. The second-order valence-electron chi connectivity index (χ2n) is 3.91. The Kier molecular flexibility index (Phi) is 4.68. The molecule has 0 fully saturated rings. The highest BCUT2D eigenvalue weighted by Crippen LogP contribution is 2.33. The van der Waals surface area contributed by atoms with Crippen LogP contribution in [0.25, 0.3) is 0 Å². The van der Waals surface area contributed by atoms with Gasteiger partial charge in [-0.05, 0) is 36.4 Å². The first-order valence-electron chi connectivity index (χ1n) is 5.50. The first-order valence-corrected chi connectivity index (χ1v) is 7.05. The summed E-state index contributed by atoms with van der Waals surface area (Å²) >= 11 is 15.8. The lowest BCUT2D eigenvalue weighted by molar-refractivity contribution is 0.689. The van der Waals surface area contributed by atoms with Gasteiger partial charge in [-0.25, -0.2) is 0 Å². The second kappa shape index (κ2) is 6.07. The molecule has 0 spiro atoms. The van der Waals surface area contributed by atoms with Crippen molar-refractivity contribution >= 4 is 39.1 Å². The summed E-state index contributed by atoms with van der Waals surface area (Å²) in [5.74, 6) is 0. The average molecular weight is 345 g/mol. The minimum Gasteiger partial charge on any atom is -0.309 e. The van der Waals surface area contributed by atoms with Gasteiger partial charge in [-0.1, -0.05) is 63.4 Å². The molecular formula is C14H12BrCl2N. The molecule has 2 rings (SSSR count). The smallest absolute Gasteiger partial charge is 0.0600 e. The van der Waals surface area contributed by atoms with Crippen molar-refractivity contribution in [3.05, 3.63) is 68.1 Å². The Morgan fingerprint density at radius 2 is 1.78 bits per heavy atom. The zero-order valence-corrected chi connectivity index (χ0v) is 12.9. The number of hydrogen-bond donors (Lipinski definition) is 1. The van der Waals surface area contributed by atoms with Crippen LogP contribution >= 0.6 is 39.1 Å². The summed E-state index contributed by atoms with van der Waals surface area (Å²) in [5, 5.41) is 4.74.